The van der Waals surface area contributed by atoms with E-state index in [0.717, 1.165) is 33.3 Å². The first-order valence-electron chi connectivity index (χ1n) is 18.8. The van der Waals surface area contributed by atoms with E-state index in [1.54, 1.807) is 0 Å². The van der Waals surface area contributed by atoms with E-state index in [-0.39, 0.29) is 0 Å². The molecule has 0 aliphatic heterocycles. The lowest BCUT2D eigenvalue weighted by Crippen LogP contribution is -1.94. The summed E-state index contributed by atoms with van der Waals surface area (Å²) in [5.41, 5.74) is 13.7. The Labute approximate surface area is 316 Å². The zero-order valence-electron chi connectivity index (χ0n) is 29.8. The van der Waals surface area contributed by atoms with Crippen molar-refractivity contribution in [2.75, 3.05) is 0 Å². The minimum absolute atomic E-state index is 0.898. The van der Waals surface area contributed by atoms with Gasteiger partial charge in [0, 0.05) is 49.1 Å². The van der Waals surface area contributed by atoms with Crippen LogP contribution in [0.2, 0.25) is 0 Å². The number of nitrogens with zero attached hydrogens (tertiary/aromatic N) is 2. The molecule has 0 aliphatic rings. The highest BCUT2D eigenvalue weighted by molar-refractivity contribution is 6.20. The van der Waals surface area contributed by atoms with Crippen molar-refractivity contribution >= 4 is 76.3 Å². The first-order chi connectivity index (χ1) is 27.3. The quantitative estimate of drug-likeness (QED) is 0.179. The molecule has 3 heterocycles. The van der Waals surface area contributed by atoms with E-state index < -0.39 is 0 Å². The van der Waals surface area contributed by atoms with E-state index >= 15 is 0 Å². The van der Waals surface area contributed by atoms with Crippen molar-refractivity contribution in [2.24, 2.45) is 0 Å². The number of fused-ring (bicyclic) bond motifs is 11. The van der Waals surface area contributed by atoms with Gasteiger partial charge in [0.2, 0.25) is 0 Å². The summed E-state index contributed by atoms with van der Waals surface area (Å²) < 4.78 is 11.1. The normalized spacial score (nSPS) is 12.0. The van der Waals surface area contributed by atoms with E-state index in [4.69, 9.17) is 4.42 Å². The molecule has 0 spiro atoms. The number of hydrogen-bond donors (Lipinski definition) is 0. The van der Waals surface area contributed by atoms with Crippen LogP contribution in [0.5, 0.6) is 0 Å². The zero-order valence-corrected chi connectivity index (χ0v) is 29.8. The lowest BCUT2D eigenvalue weighted by atomic mass is 9.97. The van der Waals surface area contributed by atoms with Gasteiger partial charge >= 0.3 is 0 Å². The van der Waals surface area contributed by atoms with Crippen LogP contribution in [0.25, 0.3) is 110 Å². The molecular formula is C52H32N2O. The fraction of sp³-hybridized carbons (Fsp3) is 0. The smallest absolute Gasteiger partial charge is 0.135 e. The number of aromatic nitrogens is 2. The van der Waals surface area contributed by atoms with E-state index in [2.05, 4.69) is 191 Å². The molecule has 9 aromatic carbocycles. The molecule has 0 radical (unpaired) electrons. The number of rotatable bonds is 4. The Morgan fingerprint density at radius 1 is 0.327 bits per heavy atom. The predicted molar refractivity (Wildman–Crippen MR) is 231 cm³/mol. The second kappa shape index (κ2) is 11.6. The fourth-order valence-corrected chi connectivity index (χ4v) is 9.05. The number of para-hydroxylation sites is 2. The van der Waals surface area contributed by atoms with Gasteiger partial charge in [0.05, 0.1) is 22.1 Å². The summed E-state index contributed by atoms with van der Waals surface area (Å²) in [4.78, 5) is 0. The molecule has 0 atom stereocenters. The predicted octanol–water partition coefficient (Wildman–Crippen LogP) is 14.3. The minimum Gasteiger partial charge on any atom is -0.456 e. The lowest BCUT2D eigenvalue weighted by molar-refractivity contribution is 0.669. The Hall–Kier alpha value is -7.36. The van der Waals surface area contributed by atoms with Gasteiger partial charge in [-0.25, -0.2) is 0 Å². The number of benzene rings is 9. The van der Waals surface area contributed by atoms with E-state index in [1.165, 1.54) is 76.6 Å². The molecule has 0 bridgehead atoms. The van der Waals surface area contributed by atoms with Gasteiger partial charge in [-0.15, -0.1) is 0 Å². The van der Waals surface area contributed by atoms with Gasteiger partial charge in [-0.1, -0.05) is 127 Å². The zero-order chi connectivity index (χ0) is 36.0. The second-order valence-corrected chi connectivity index (χ2v) is 14.5. The molecule has 0 saturated carbocycles. The van der Waals surface area contributed by atoms with Crippen LogP contribution in [0.4, 0.5) is 0 Å². The molecule has 0 amide bonds. The Bertz CT molecular complexity index is 3470. The molecule has 0 fully saturated rings. The van der Waals surface area contributed by atoms with Crippen LogP contribution >= 0.6 is 0 Å². The Kier molecular flexibility index (Phi) is 6.34. The molecule has 55 heavy (non-hydrogen) atoms. The summed E-state index contributed by atoms with van der Waals surface area (Å²) in [6.45, 7) is 0. The highest BCUT2D eigenvalue weighted by atomic mass is 16.3. The Balaban J connectivity index is 1.12. The average Bonchev–Trinajstić information content (AvgIpc) is 3.91. The van der Waals surface area contributed by atoms with Crippen LogP contribution in [0.1, 0.15) is 0 Å². The molecule has 12 rings (SSSR count). The summed E-state index contributed by atoms with van der Waals surface area (Å²) >= 11 is 0. The Morgan fingerprint density at radius 2 is 1.02 bits per heavy atom. The summed E-state index contributed by atoms with van der Waals surface area (Å²) in [6, 6.07) is 70.4. The van der Waals surface area contributed by atoms with Crippen molar-refractivity contribution in [1.29, 1.82) is 0 Å². The van der Waals surface area contributed by atoms with Crippen molar-refractivity contribution in [3.8, 4) is 33.6 Å². The maximum absolute atomic E-state index is 6.24. The van der Waals surface area contributed by atoms with Crippen molar-refractivity contribution < 1.29 is 4.42 Å². The third kappa shape index (κ3) is 4.44. The lowest BCUT2D eigenvalue weighted by Gasteiger charge is -2.10. The SMILES string of the molecule is c1ccc(-c2cccc3c2c2cc(-c4ccc5c(c4)c4ccc6ccccc6c4n5-c4ccccc4)ccc2n3-c2ccc3oc4ccccc4c3c2)cc1. The molecule has 3 nitrogen and oxygen atoms in total. The standard InChI is InChI=1S/C52H32N2O/c1-3-12-33(13-4-1)39-19-11-20-48-51(39)45-31-36(24-28-47(45)53(48)38-25-29-50-44(32-38)41-18-9-10-21-49(41)55-50)35-23-27-46-43(30-35)42-26-22-34-14-7-8-17-40(34)52(42)54(46)37-15-5-2-6-16-37/h1-32H. The van der Waals surface area contributed by atoms with E-state index in [0.29, 0.717) is 0 Å². The van der Waals surface area contributed by atoms with Crippen LogP contribution in [0.15, 0.2) is 199 Å². The maximum atomic E-state index is 6.24. The monoisotopic (exact) mass is 700 g/mol. The van der Waals surface area contributed by atoms with Crippen LogP contribution in [-0.4, -0.2) is 9.13 Å². The molecule has 3 heteroatoms. The van der Waals surface area contributed by atoms with E-state index in [9.17, 15) is 0 Å². The first-order valence-corrected chi connectivity index (χ1v) is 18.8. The Morgan fingerprint density at radius 3 is 1.85 bits per heavy atom. The van der Waals surface area contributed by atoms with Crippen LogP contribution in [0.3, 0.4) is 0 Å². The summed E-state index contributed by atoms with van der Waals surface area (Å²) in [5, 5.41) is 9.72. The molecule has 0 N–H and O–H groups in total. The van der Waals surface area contributed by atoms with Gasteiger partial charge < -0.3 is 13.6 Å². The first kappa shape index (κ1) is 30.1. The maximum Gasteiger partial charge on any atom is 0.135 e. The van der Waals surface area contributed by atoms with Gasteiger partial charge in [-0.3, -0.25) is 0 Å². The fourth-order valence-electron chi connectivity index (χ4n) is 9.05. The van der Waals surface area contributed by atoms with Crippen molar-refractivity contribution in [2.45, 2.75) is 0 Å². The highest BCUT2D eigenvalue weighted by Gasteiger charge is 2.20. The van der Waals surface area contributed by atoms with Gasteiger partial charge in [0.1, 0.15) is 11.2 Å². The molecule has 12 aromatic rings. The van der Waals surface area contributed by atoms with Crippen LogP contribution in [0, 0.1) is 0 Å². The summed E-state index contributed by atoms with van der Waals surface area (Å²) in [7, 11) is 0. The highest BCUT2D eigenvalue weighted by Crippen LogP contribution is 2.43. The van der Waals surface area contributed by atoms with Gasteiger partial charge in [-0.05, 0) is 94.4 Å². The largest absolute Gasteiger partial charge is 0.456 e. The summed E-state index contributed by atoms with van der Waals surface area (Å²) in [5.74, 6) is 0. The van der Waals surface area contributed by atoms with Gasteiger partial charge in [0.25, 0.3) is 0 Å². The summed E-state index contributed by atoms with van der Waals surface area (Å²) in [6.07, 6.45) is 0. The van der Waals surface area contributed by atoms with Gasteiger partial charge in [0.15, 0.2) is 0 Å². The molecule has 0 saturated heterocycles. The minimum atomic E-state index is 0.898. The van der Waals surface area contributed by atoms with Gasteiger partial charge in [-0.2, -0.15) is 0 Å². The topological polar surface area (TPSA) is 23.0 Å². The molecule has 0 aliphatic carbocycles. The third-order valence-electron chi connectivity index (χ3n) is 11.5. The third-order valence-corrected chi connectivity index (χ3v) is 11.5. The van der Waals surface area contributed by atoms with Crippen molar-refractivity contribution in [1.82, 2.24) is 9.13 Å². The molecule has 0 unspecified atom stereocenters. The number of furan rings is 1. The van der Waals surface area contributed by atoms with Crippen LogP contribution in [-0.2, 0) is 0 Å². The van der Waals surface area contributed by atoms with Crippen molar-refractivity contribution in [3.63, 3.8) is 0 Å². The van der Waals surface area contributed by atoms with Crippen molar-refractivity contribution in [3.05, 3.63) is 194 Å². The molecule has 3 aromatic heterocycles. The van der Waals surface area contributed by atoms with E-state index in [1.807, 2.05) is 12.1 Å². The molecule has 256 valence electrons. The average molecular weight is 701 g/mol. The molecular weight excluding hydrogens is 669 g/mol. The second-order valence-electron chi connectivity index (χ2n) is 14.5. The number of hydrogen-bond acceptors (Lipinski definition) is 1. The van der Waals surface area contributed by atoms with Crippen LogP contribution < -0.4 is 0 Å².